The Kier molecular flexibility index (Phi) is 8.61. The SMILES string of the molecule is CC1(C)O[C@@H]2[C@H](O1)[C@@H](COC(=O)Oc1ccccc1)O[C@H]2n1cnc2c(N(C(=O)Oc3ccccc3)C(=O)Oc3ccccc3)ncnc21. The molecule has 4 atom stereocenters. The smallest absolute Gasteiger partial charge is 0.431 e. The average molecular weight is 668 g/mol. The van der Waals surface area contributed by atoms with Gasteiger partial charge in [-0.1, -0.05) is 54.6 Å². The van der Waals surface area contributed by atoms with Gasteiger partial charge >= 0.3 is 18.3 Å². The van der Waals surface area contributed by atoms with Crippen LogP contribution in [0.3, 0.4) is 0 Å². The highest BCUT2D eigenvalue weighted by Crippen LogP contribution is 2.44. The summed E-state index contributed by atoms with van der Waals surface area (Å²) in [6, 6.07) is 24.9. The molecule has 0 bridgehead atoms. The second-order valence-electron chi connectivity index (χ2n) is 11.3. The maximum absolute atomic E-state index is 13.6. The topological polar surface area (TPSA) is 163 Å². The molecule has 0 radical (unpaired) electrons. The number of benzene rings is 3. The van der Waals surface area contributed by atoms with E-state index >= 15 is 0 Å². The van der Waals surface area contributed by atoms with Gasteiger partial charge in [0.1, 0.15) is 48.5 Å². The molecule has 49 heavy (non-hydrogen) atoms. The van der Waals surface area contributed by atoms with E-state index in [1.165, 1.54) is 6.33 Å². The number of amides is 2. The number of nitrogens with zero attached hydrogens (tertiary/aromatic N) is 5. The summed E-state index contributed by atoms with van der Waals surface area (Å²) in [6.07, 6.45) is -3.50. The first-order valence-corrected chi connectivity index (χ1v) is 15.2. The minimum Gasteiger partial charge on any atom is -0.431 e. The standard InChI is InChI=1S/C34H29N5O10/c1-34(2)48-26-24(18-43-33(42)46-23-16-10-5-11-17-23)47-30(27(26)49-34)38-20-37-25-28(38)35-19-36-29(25)39(31(40)44-21-12-6-3-7-13-21)32(41)45-22-14-8-4-9-15-22/h3-17,19-20,24,26-27,30H,18H2,1-2H3/t24-,26-,27-,30-/m1/s1. The molecule has 3 aromatic carbocycles. The van der Waals surface area contributed by atoms with Crippen LogP contribution in [0.5, 0.6) is 17.2 Å². The number of carbonyl (C=O) groups excluding carboxylic acids is 3. The van der Waals surface area contributed by atoms with Crippen LogP contribution in [0.25, 0.3) is 11.2 Å². The van der Waals surface area contributed by atoms with Gasteiger partial charge < -0.3 is 33.2 Å². The number of hydrogen-bond donors (Lipinski definition) is 0. The quantitative estimate of drug-likeness (QED) is 0.154. The third kappa shape index (κ3) is 6.76. The lowest BCUT2D eigenvalue weighted by molar-refractivity contribution is -0.200. The average Bonchev–Trinajstić information content (AvgIpc) is 3.76. The number of imide groups is 1. The molecule has 15 heteroatoms. The van der Waals surface area contributed by atoms with Crippen molar-refractivity contribution < 1.29 is 47.5 Å². The van der Waals surface area contributed by atoms with E-state index in [1.54, 1.807) is 109 Å². The van der Waals surface area contributed by atoms with E-state index in [1.807, 2.05) is 0 Å². The Morgan fingerprint density at radius 2 is 1.31 bits per heavy atom. The van der Waals surface area contributed by atoms with Gasteiger partial charge in [-0.15, -0.1) is 0 Å². The summed E-state index contributed by atoms with van der Waals surface area (Å²) in [5.74, 6) is -0.489. The number of ether oxygens (including phenoxy) is 7. The van der Waals surface area contributed by atoms with E-state index < -0.39 is 48.7 Å². The lowest BCUT2D eigenvalue weighted by Crippen LogP contribution is -2.41. The zero-order valence-electron chi connectivity index (χ0n) is 26.2. The van der Waals surface area contributed by atoms with Crippen molar-refractivity contribution in [3.8, 4) is 17.2 Å². The third-order valence-corrected chi connectivity index (χ3v) is 7.52. The number of aromatic nitrogens is 4. The van der Waals surface area contributed by atoms with Gasteiger partial charge in [0.2, 0.25) is 0 Å². The molecule has 250 valence electrons. The number of anilines is 1. The van der Waals surface area contributed by atoms with Crippen molar-refractivity contribution in [3.05, 3.63) is 104 Å². The first-order chi connectivity index (χ1) is 23.8. The van der Waals surface area contributed by atoms with Crippen LogP contribution in [-0.2, 0) is 18.9 Å². The van der Waals surface area contributed by atoms with Gasteiger partial charge in [0, 0.05) is 0 Å². The fourth-order valence-electron chi connectivity index (χ4n) is 5.49. The normalized spacial score (nSPS) is 20.7. The van der Waals surface area contributed by atoms with Gasteiger partial charge in [-0.2, -0.15) is 4.90 Å². The number of para-hydroxylation sites is 3. The maximum Gasteiger partial charge on any atom is 0.513 e. The highest BCUT2D eigenvalue weighted by Gasteiger charge is 2.56. The lowest BCUT2D eigenvalue weighted by Gasteiger charge is -2.24. The molecule has 0 saturated carbocycles. The molecule has 5 aromatic rings. The summed E-state index contributed by atoms with van der Waals surface area (Å²) in [7, 11) is 0. The van der Waals surface area contributed by atoms with Crippen molar-refractivity contribution in [2.45, 2.75) is 44.2 Å². The van der Waals surface area contributed by atoms with Gasteiger partial charge in [-0.25, -0.2) is 29.3 Å². The van der Waals surface area contributed by atoms with Crippen molar-refractivity contribution in [1.29, 1.82) is 0 Å². The van der Waals surface area contributed by atoms with Gasteiger partial charge in [0.25, 0.3) is 0 Å². The zero-order valence-corrected chi connectivity index (χ0v) is 26.2. The minimum atomic E-state index is -1.09. The molecule has 2 aliphatic heterocycles. The molecule has 2 fully saturated rings. The monoisotopic (exact) mass is 667 g/mol. The number of imidazole rings is 1. The Morgan fingerprint density at radius 1 is 0.755 bits per heavy atom. The van der Waals surface area contributed by atoms with Gasteiger partial charge in [-0.3, -0.25) is 4.57 Å². The first-order valence-electron chi connectivity index (χ1n) is 15.2. The summed E-state index contributed by atoms with van der Waals surface area (Å²) < 4.78 is 41.8. The fourth-order valence-corrected chi connectivity index (χ4v) is 5.49. The van der Waals surface area contributed by atoms with Crippen LogP contribution in [0.1, 0.15) is 20.1 Å². The predicted octanol–water partition coefficient (Wildman–Crippen LogP) is 5.66. The molecule has 2 aliphatic rings. The van der Waals surface area contributed by atoms with Crippen molar-refractivity contribution in [2.75, 3.05) is 11.5 Å². The summed E-state index contributed by atoms with van der Waals surface area (Å²) >= 11 is 0. The second-order valence-corrected chi connectivity index (χ2v) is 11.3. The fraction of sp³-hybridized carbons (Fsp3) is 0.235. The molecule has 0 N–H and O–H groups in total. The third-order valence-electron chi connectivity index (χ3n) is 7.52. The molecule has 2 amide bonds. The van der Waals surface area contributed by atoms with Gasteiger partial charge in [-0.05, 0) is 50.2 Å². The van der Waals surface area contributed by atoms with Crippen molar-refractivity contribution in [1.82, 2.24) is 19.5 Å². The molecule has 0 spiro atoms. The van der Waals surface area contributed by atoms with E-state index in [2.05, 4.69) is 15.0 Å². The minimum absolute atomic E-state index is 0.0574. The second kappa shape index (κ2) is 13.3. The van der Waals surface area contributed by atoms with E-state index in [-0.39, 0.29) is 35.1 Å². The van der Waals surface area contributed by atoms with Crippen LogP contribution >= 0.6 is 0 Å². The highest BCUT2D eigenvalue weighted by atomic mass is 16.8. The molecule has 0 aliphatic carbocycles. The molecule has 15 nitrogen and oxygen atoms in total. The van der Waals surface area contributed by atoms with E-state index in [0.717, 1.165) is 6.33 Å². The molecule has 2 aromatic heterocycles. The van der Waals surface area contributed by atoms with Crippen LogP contribution in [0, 0.1) is 0 Å². The van der Waals surface area contributed by atoms with Crippen molar-refractivity contribution in [3.63, 3.8) is 0 Å². The molecule has 4 heterocycles. The summed E-state index contributed by atoms with van der Waals surface area (Å²) in [4.78, 5) is 53.2. The number of rotatable bonds is 7. The first kappa shape index (κ1) is 31.7. The Hall–Kier alpha value is -5.90. The Balaban J connectivity index is 1.17. The summed E-state index contributed by atoms with van der Waals surface area (Å²) in [5, 5.41) is 0. The van der Waals surface area contributed by atoms with Crippen LogP contribution in [0.4, 0.5) is 20.2 Å². The highest BCUT2D eigenvalue weighted by molar-refractivity contribution is 6.13. The molecule has 0 unspecified atom stereocenters. The van der Waals surface area contributed by atoms with Crippen LogP contribution in [0.15, 0.2) is 104 Å². The summed E-state index contributed by atoms with van der Waals surface area (Å²) in [6.45, 7) is 3.30. The molecule has 7 rings (SSSR count). The number of fused-ring (bicyclic) bond motifs is 2. The predicted molar refractivity (Wildman–Crippen MR) is 169 cm³/mol. The Labute approximate surface area is 278 Å². The largest absolute Gasteiger partial charge is 0.513 e. The maximum atomic E-state index is 13.6. The van der Waals surface area contributed by atoms with Gasteiger partial charge in [0.15, 0.2) is 29.0 Å². The molecule has 2 saturated heterocycles. The summed E-state index contributed by atoms with van der Waals surface area (Å²) in [5.41, 5.74) is 0.249. The Morgan fingerprint density at radius 3 is 1.90 bits per heavy atom. The number of hydrogen-bond acceptors (Lipinski definition) is 13. The van der Waals surface area contributed by atoms with E-state index in [0.29, 0.717) is 10.6 Å². The molecular weight excluding hydrogens is 638 g/mol. The van der Waals surface area contributed by atoms with Crippen molar-refractivity contribution >= 4 is 35.3 Å². The van der Waals surface area contributed by atoms with Crippen LogP contribution in [0.2, 0.25) is 0 Å². The van der Waals surface area contributed by atoms with Crippen molar-refractivity contribution in [2.24, 2.45) is 0 Å². The van der Waals surface area contributed by atoms with E-state index in [4.69, 9.17) is 33.2 Å². The van der Waals surface area contributed by atoms with Gasteiger partial charge in [0.05, 0.1) is 6.33 Å². The molecular formula is C34H29N5O10. The van der Waals surface area contributed by atoms with E-state index in [9.17, 15) is 14.4 Å². The number of carbonyl (C=O) groups is 3. The zero-order chi connectivity index (χ0) is 34.0. The van der Waals surface area contributed by atoms with Crippen LogP contribution in [-0.4, -0.2) is 68.6 Å². The Bertz CT molecular complexity index is 1900. The van der Waals surface area contributed by atoms with Crippen LogP contribution < -0.4 is 19.1 Å². The lowest BCUT2D eigenvalue weighted by atomic mass is 10.1.